The van der Waals surface area contributed by atoms with E-state index >= 15 is 0 Å². The smallest absolute Gasteiger partial charge is 0.271 e. The van der Waals surface area contributed by atoms with Crippen molar-refractivity contribution in [3.05, 3.63) is 78.3 Å². The second-order valence-corrected chi connectivity index (χ2v) is 8.96. The largest absolute Gasteiger partial charge is 0.351 e. The zero-order valence-electron chi connectivity index (χ0n) is 18.3. The van der Waals surface area contributed by atoms with Crippen LogP contribution in [0.4, 0.5) is 0 Å². The summed E-state index contributed by atoms with van der Waals surface area (Å²) in [5, 5.41) is 3.29. The normalized spacial score (nSPS) is 15.1. The van der Waals surface area contributed by atoms with E-state index in [4.69, 9.17) is 35.4 Å². The van der Waals surface area contributed by atoms with E-state index in [0.29, 0.717) is 39.8 Å². The first-order valence-electron chi connectivity index (χ1n) is 10.4. The molecule has 1 aliphatic rings. The maximum absolute atomic E-state index is 13.3. The third-order valence-electron chi connectivity index (χ3n) is 5.51. The van der Waals surface area contributed by atoms with Crippen LogP contribution in [0.1, 0.15) is 46.0 Å². The van der Waals surface area contributed by atoms with Crippen molar-refractivity contribution in [1.29, 1.82) is 0 Å². The van der Waals surface area contributed by atoms with Gasteiger partial charge in [-0.1, -0.05) is 23.2 Å². The molecule has 2 N–H and O–H groups in total. The number of nitrogens with zero attached hydrogens (tertiary/aromatic N) is 4. The zero-order chi connectivity index (χ0) is 24.6. The van der Waals surface area contributed by atoms with Gasteiger partial charge in [-0.05, 0) is 50.7 Å². The number of benzene rings is 1. The Bertz CT molecular complexity index is 1400. The van der Waals surface area contributed by atoms with Gasteiger partial charge in [0.25, 0.3) is 17.4 Å². The Morgan fingerprint density at radius 3 is 2.65 bits per heavy atom. The first-order valence-corrected chi connectivity index (χ1v) is 11.6. The lowest BCUT2D eigenvalue weighted by Crippen LogP contribution is -2.45. The van der Waals surface area contributed by atoms with Crippen molar-refractivity contribution in [2.24, 2.45) is 0 Å². The lowest BCUT2D eigenvalue weighted by atomic mass is 9.98. The van der Waals surface area contributed by atoms with E-state index in [9.17, 15) is 14.4 Å². The van der Waals surface area contributed by atoms with E-state index < -0.39 is 0 Å². The number of nitrogens with one attached hydrogen (secondary N) is 2. The van der Waals surface area contributed by atoms with E-state index in [1.807, 2.05) is 6.92 Å². The molecule has 0 saturated heterocycles. The molecule has 0 aliphatic carbocycles. The average molecular weight is 519 g/mol. The SMILES string of the molecule is CCNC(=O)c1cnc(-n2c(=S)[nH]c3c(c2=O)C[C@@H](C)N(C(=O)c2ccc(Cl)c(Cl)c2)C3)cn1. The highest BCUT2D eigenvalue weighted by Crippen LogP contribution is 2.26. The highest BCUT2D eigenvalue weighted by Gasteiger charge is 2.31. The fourth-order valence-corrected chi connectivity index (χ4v) is 4.37. The minimum absolute atomic E-state index is 0.111. The number of carbonyl (C=O) groups is 2. The van der Waals surface area contributed by atoms with Crippen LogP contribution in [0.5, 0.6) is 0 Å². The first-order chi connectivity index (χ1) is 16.2. The van der Waals surface area contributed by atoms with Crippen molar-refractivity contribution in [3.63, 3.8) is 0 Å². The molecule has 0 unspecified atom stereocenters. The fourth-order valence-electron chi connectivity index (χ4n) is 3.77. The number of hydrogen-bond donors (Lipinski definition) is 2. The minimum Gasteiger partial charge on any atom is -0.351 e. The minimum atomic E-state index is -0.356. The number of aromatic amines is 1. The van der Waals surface area contributed by atoms with Crippen LogP contribution >= 0.6 is 35.4 Å². The number of halogens is 2. The topological polar surface area (TPSA) is 113 Å². The van der Waals surface area contributed by atoms with Crippen LogP contribution in [-0.4, -0.2) is 48.8 Å². The van der Waals surface area contributed by atoms with Crippen LogP contribution in [0.2, 0.25) is 10.0 Å². The summed E-state index contributed by atoms with van der Waals surface area (Å²) in [6.45, 7) is 4.30. The van der Waals surface area contributed by atoms with Crippen molar-refractivity contribution in [2.75, 3.05) is 6.54 Å². The number of fused-ring (bicyclic) bond motifs is 1. The Labute approximate surface area is 209 Å². The van der Waals surface area contributed by atoms with Crippen molar-refractivity contribution in [3.8, 4) is 5.82 Å². The molecule has 176 valence electrons. The molecule has 0 bridgehead atoms. The van der Waals surface area contributed by atoms with Gasteiger partial charge in [-0.25, -0.2) is 14.5 Å². The second-order valence-electron chi connectivity index (χ2n) is 7.76. The third-order valence-corrected chi connectivity index (χ3v) is 6.53. The molecule has 1 aromatic carbocycles. The Kier molecular flexibility index (Phi) is 6.83. The Hall–Kier alpha value is -3.08. The van der Waals surface area contributed by atoms with Gasteiger partial charge in [-0.15, -0.1) is 0 Å². The van der Waals surface area contributed by atoms with Gasteiger partial charge in [-0.2, -0.15) is 0 Å². The van der Waals surface area contributed by atoms with Crippen LogP contribution in [0.3, 0.4) is 0 Å². The van der Waals surface area contributed by atoms with Gasteiger partial charge in [-0.3, -0.25) is 14.4 Å². The number of H-pyrrole nitrogens is 1. The quantitative estimate of drug-likeness (QED) is 0.512. The molecule has 0 spiro atoms. The van der Waals surface area contributed by atoms with Gasteiger partial charge in [0.05, 0.1) is 29.0 Å². The molecule has 0 fully saturated rings. The maximum atomic E-state index is 13.3. The molecular formula is C22H20Cl2N6O3S. The van der Waals surface area contributed by atoms with E-state index in [2.05, 4.69) is 20.3 Å². The van der Waals surface area contributed by atoms with E-state index in [1.54, 1.807) is 24.0 Å². The molecule has 2 amide bonds. The summed E-state index contributed by atoms with van der Waals surface area (Å²) >= 11 is 17.5. The highest BCUT2D eigenvalue weighted by molar-refractivity contribution is 7.71. The zero-order valence-corrected chi connectivity index (χ0v) is 20.6. The van der Waals surface area contributed by atoms with Gasteiger partial charge in [0, 0.05) is 29.4 Å². The van der Waals surface area contributed by atoms with Crippen molar-refractivity contribution in [2.45, 2.75) is 32.9 Å². The van der Waals surface area contributed by atoms with Crippen molar-refractivity contribution < 1.29 is 9.59 Å². The summed E-state index contributed by atoms with van der Waals surface area (Å²) in [5.74, 6) is -0.388. The summed E-state index contributed by atoms with van der Waals surface area (Å²) in [4.78, 5) is 51.4. The molecular weight excluding hydrogens is 499 g/mol. The monoisotopic (exact) mass is 518 g/mol. The highest BCUT2D eigenvalue weighted by atomic mass is 35.5. The predicted octanol–water partition coefficient (Wildman–Crippen LogP) is 3.33. The molecule has 12 heteroatoms. The Balaban J connectivity index is 1.67. The second kappa shape index (κ2) is 9.65. The molecule has 2 aromatic heterocycles. The number of aromatic nitrogens is 4. The summed E-state index contributed by atoms with van der Waals surface area (Å²) in [6, 6.07) is 4.45. The van der Waals surface area contributed by atoms with Gasteiger partial charge in [0.15, 0.2) is 10.6 Å². The van der Waals surface area contributed by atoms with E-state index in [0.717, 1.165) is 0 Å². The first kappa shape index (κ1) is 24.1. The molecule has 0 radical (unpaired) electrons. The predicted molar refractivity (Wildman–Crippen MR) is 130 cm³/mol. The summed E-state index contributed by atoms with van der Waals surface area (Å²) in [7, 11) is 0. The van der Waals surface area contributed by atoms with Crippen LogP contribution < -0.4 is 10.9 Å². The maximum Gasteiger partial charge on any atom is 0.271 e. The number of carbonyl (C=O) groups excluding carboxylic acids is 2. The van der Waals surface area contributed by atoms with Crippen LogP contribution in [0, 0.1) is 4.77 Å². The number of amides is 2. The lowest BCUT2D eigenvalue weighted by molar-refractivity contribution is 0.0652. The standard InChI is InChI=1S/C22H20Cl2N6O3S/c1-3-25-19(31)16-8-27-18(9-26-16)30-21(33)13-6-11(2)29(10-17(13)28-22(30)34)20(32)12-4-5-14(23)15(24)7-12/h4-5,7-9,11H,3,6,10H2,1-2H3,(H,25,31)(H,28,34)/t11-/m1/s1. The Morgan fingerprint density at radius 2 is 2.00 bits per heavy atom. The molecule has 3 heterocycles. The Morgan fingerprint density at radius 1 is 1.24 bits per heavy atom. The van der Waals surface area contributed by atoms with E-state index in [1.165, 1.54) is 23.0 Å². The van der Waals surface area contributed by atoms with E-state index in [-0.39, 0.29) is 46.2 Å². The average Bonchev–Trinajstić information content (AvgIpc) is 2.81. The van der Waals surface area contributed by atoms with Gasteiger partial charge >= 0.3 is 0 Å². The van der Waals surface area contributed by atoms with Crippen molar-refractivity contribution in [1.82, 2.24) is 29.7 Å². The molecule has 0 saturated carbocycles. The van der Waals surface area contributed by atoms with Crippen LogP contribution in [-0.2, 0) is 13.0 Å². The van der Waals surface area contributed by atoms with Gasteiger partial charge in [0.2, 0.25) is 0 Å². The summed E-state index contributed by atoms with van der Waals surface area (Å²) < 4.78 is 1.35. The van der Waals surface area contributed by atoms with Gasteiger partial charge in [0.1, 0.15) is 5.69 Å². The lowest BCUT2D eigenvalue weighted by Gasteiger charge is -2.34. The molecule has 3 aromatic rings. The van der Waals surface area contributed by atoms with Crippen molar-refractivity contribution >= 4 is 47.2 Å². The van der Waals surface area contributed by atoms with Crippen LogP contribution in [0.15, 0.2) is 35.4 Å². The fraction of sp³-hybridized carbons (Fsp3) is 0.273. The summed E-state index contributed by atoms with van der Waals surface area (Å²) in [5.41, 5.74) is 1.27. The molecule has 9 nitrogen and oxygen atoms in total. The summed E-state index contributed by atoms with van der Waals surface area (Å²) in [6.07, 6.45) is 2.94. The van der Waals surface area contributed by atoms with Gasteiger partial charge < -0.3 is 15.2 Å². The van der Waals surface area contributed by atoms with Crippen LogP contribution in [0.25, 0.3) is 5.82 Å². The molecule has 1 atom stereocenters. The third kappa shape index (κ3) is 4.48. The molecule has 4 rings (SSSR count). The number of hydrogen-bond acceptors (Lipinski definition) is 6. The molecule has 34 heavy (non-hydrogen) atoms. The molecule has 1 aliphatic heterocycles. The number of rotatable bonds is 4.